The van der Waals surface area contributed by atoms with E-state index < -0.39 is 5.41 Å². The Balaban J connectivity index is 2.93. The van der Waals surface area contributed by atoms with Crippen molar-refractivity contribution in [1.29, 1.82) is 0 Å². The van der Waals surface area contributed by atoms with Crippen molar-refractivity contribution in [2.45, 2.75) is 19.3 Å². The summed E-state index contributed by atoms with van der Waals surface area (Å²) in [5, 5.41) is 0.871. The van der Waals surface area contributed by atoms with Crippen LogP contribution in [0.25, 0.3) is 0 Å². The summed E-state index contributed by atoms with van der Waals surface area (Å²) >= 11 is 3.38. The number of hydrogen-bond acceptors (Lipinski definition) is 3. The monoisotopic (exact) mass is 288 g/mol. The summed E-state index contributed by atoms with van der Waals surface area (Å²) in [5.41, 5.74) is -0.647. The van der Waals surface area contributed by atoms with E-state index >= 15 is 0 Å². The predicted octanol–water partition coefficient (Wildman–Crippen LogP) is 2.81. The van der Waals surface area contributed by atoms with Crippen molar-refractivity contribution in [2.75, 3.05) is 19.5 Å². The van der Waals surface area contributed by atoms with E-state index in [1.807, 2.05) is 18.2 Å². The summed E-state index contributed by atoms with van der Waals surface area (Å²) in [5.74, 6) is 0.599. The first kappa shape index (κ1) is 13.3. The molecule has 1 aliphatic rings. The van der Waals surface area contributed by atoms with Gasteiger partial charge in [-0.05, 0) is 18.9 Å². The lowest BCUT2D eigenvalue weighted by Crippen LogP contribution is -2.30. The van der Waals surface area contributed by atoms with E-state index in [1.165, 1.54) is 7.11 Å². The molecule has 3 nitrogen and oxygen atoms in total. The molecule has 0 saturated heterocycles. The number of ether oxygens (including phenoxy) is 2. The van der Waals surface area contributed by atoms with Gasteiger partial charge in [0.2, 0.25) is 0 Å². The molecule has 0 saturated carbocycles. The van der Waals surface area contributed by atoms with Crippen molar-refractivity contribution in [2.24, 2.45) is 5.41 Å². The minimum Gasteiger partial charge on any atom is -0.501 e. The molecule has 0 aliphatic heterocycles. The van der Waals surface area contributed by atoms with E-state index in [1.54, 1.807) is 7.11 Å². The normalized spacial score (nSPS) is 23.8. The van der Waals surface area contributed by atoms with E-state index in [9.17, 15) is 4.79 Å². The highest BCUT2D eigenvalue weighted by Crippen LogP contribution is 2.35. The number of alkyl halides is 1. The molecule has 0 aromatic heterocycles. The Labute approximate surface area is 105 Å². The van der Waals surface area contributed by atoms with Gasteiger partial charge in [0, 0.05) is 11.8 Å². The van der Waals surface area contributed by atoms with Gasteiger partial charge in [-0.15, -0.1) is 0 Å². The van der Waals surface area contributed by atoms with Crippen LogP contribution in [-0.4, -0.2) is 25.5 Å². The molecule has 0 aromatic carbocycles. The van der Waals surface area contributed by atoms with Crippen LogP contribution in [-0.2, 0) is 14.3 Å². The highest BCUT2D eigenvalue weighted by atomic mass is 79.9. The first-order chi connectivity index (χ1) is 7.68. The van der Waals surface area contributed by atoms with E-state index in [-0.39, 0.29) is 5.97 Å². The molecule has 1 unspecified atom stereocenters. The number of carbonyl (C=O) groups excluding carboxylic acids is 1. The summed E-state index contributed by atoms with van der Waals surface area (Å²) in [6.45, 7) is 0. The molecule has 0 spiro atoms. The fourth-order valence-corrected chi connectivity index (χ4v) is 2.14. The Hall–Kier alpha value is -0.770. The minimum atomic E-state index is -0.647. The lowest BCUT2D eigenvalue weighted by atomic mass is 9.79. The molecular weight excluding hydrogens is 272 g/mol. The number of esters is 1. The third kappa shape index (κ3) is 2.88. The van der Waals surface area contributed by atoms with Crippen molar-refractivity contribution < 1.29 is 14.3 Å². The van der Waals surface area contributed by atoms with Crippen molar-refractivity contribution in [1.82, 2.24) is 0 Å². The number of carbonyl (C=O) groups is 1. The smallest absolute Gasteiger partial charge is 0.319 e. The molecule has 1 rings (SSSR count). The van der Waals surface area contributed by atoms with Gasteiger partial charge < -0.3 is 9.47 Å². The SMILES string of the molecule is COC(=O)C1(CCCBr)C=CCC(OC)=C1. The highest BCUT2D eigenvalue weighted by molar-refractivity contribution is 9.09. The number of hydrogen-bond donors (Lipinski definition) is 0. The van der Waals surface area contributed by atoms with Crippen LogP contribution in [0.3, 0.4) is 0 Å². The summed E-state index contributed by atoms with van der Waals surface area (Å²) in [6, 6.07) is 0. The molecule has 1 atom stereocenters. The fraction of sp³-hybridized carbons (Fsp3) is 0.583. The lowest BCUT2D eigenvalue weighted by Gasteiger charge is -2.27. The second-order valence-corrected chi connectivity index (χ2v) is 4.54. The fourth-order valence-electron chi connectivity index (χ4n) is 1.86. The quantitative estimate of drug-likeness (QED) is 0.443. The van der Waals surface area contributed by atoms with E-state index in [4.69, 9.17) is 9.47 Å². The van der Waals surface area contributed by atoms with Gasteiger partial charge in [-0.1, -0.05) is 28.1 Å². The predicted molar refractivity (Wildman–Crippen MR) is 66.3 cm³/mol. The van der Waals surface area contributed by atoms with E-state index in [2.05, 4.69) is 15.9 Å². The van der Waals surface area contributed by atoms with Crippen LogP contribution in [0.1, 0.15) is 19.3 Å². The van der Waals surface area contributed by atoms with Crippen LogP contribution < -0.4 is 0 Å². The molecule has 0 fully saturated rings. The van der Waals surface area contributed by atoms with Gasteiger partial charge in [0.25, 0.3) is 0 Å². The molecular formula is C12H17BrO3. The maximum atomic E-state index is 11.9. The Morgan fingerprint density at radius 1 is 1.56 bits per heavy atom. The van der Waals surface area contributed by atoms with Gasteiger partial charge in [-0.25, -0.2) is 0 Å². The van der Waals surface area contributed by atoms with Gasteiger partial charge >= 0.3 is 5.97 Å². The van der Waals surface area contributed by atoms with Crippen molar-refractivity contribution in [3.63, 3.8) is 0 Å². The molecule has 0 amide bonds. The van der Waals surface area contributed by atoms with Crippen molar-refractivity contribution in [3.8, 4) is 0 Å². The Morgan fingerprint density at radius 3 is 2.88 bits per heavy atom. The molecule has 0 aromatic rings. The summed E-state index contributed by atoms with van der Waals surface area (Å²) < 4.78 is 10.1. The Morgan fingerprint density at radius 2 is 2.31 bits per heavy atom. The molecule has 4 heteroatoms. The van der Waals surface area contributed by atoms with Crippen molar-refractivity contribution in [3.05, 3.63) is 24.0 Å². The zero-order valence-electron chi connectivity index (χ0n) is 9.66. The first-order valence-electron chi connectivity index (χ1n) is 5.26. The van der Waals surface area contributed by atoms with Crippen LogP contribution in [0.4, 0.5) is 0 Å². The number of rotatable bonds is 5. The lowest BCUT2D eigenvalue weighted by molar-refractivity contribution is -0.147. The molecule has 0 N–H and O–H groups in total. The van der Waals surface area contributed by atoms with Gasteiger partial charge in [-0.3, -0.25) is 4.79 Å². The van der Waals surface area contributed by atoms with Gasteiger partial charge in [0.15, 0.2) is 0 Å². The van der Waals surface area contributed by atoms with Crippen LogP contribution in [0.2, 0.25) is 0 Å². The standard InChI is InChI=1S/C12H17BrO3/c1-15-10-5-3-6-12(9-10,7-4-8-13)11(14)16-2/h3,6,9H,4-5,7-8H2,1-2H3. The third-order valence-corrected chi connectivity index (χ3v) is 3.27. The topological polar surface area (TPSA) is 35.5 Å². The largest absolute Gasteiger partial charge is 0.501 e. The van der Waals surface area contributed by atoms with E-state index in [0.717, 1.165) is 30.4 Å². The summed E-state index contributed by atoms with van der Waals surface area (Å²) in [7, 11) is 3.04. The van der Waals surface area contributed by atoms with Crippen LogP contribution >= 0.6 is 15.9 Å². The molecule has 0 bridgehead atoms. The first-order valence-corrected chi connectivity index (χ1v) is 6.38. The maximum absolute atomic E-state index is 11.9. The highest BCUT2D eigenvalue weighted by Gasteiger charge is 2.36. The van der Waals surface area contributed by atoms with Gasteiger partial charge in [0.1, 0.15) is 5.41 Å². The average molecular weight is 289 g/mol. The second-order valence-electron chi connectivity index (χ2n) is 3.75. The van der Waals surface area contributed by atoms with Gasteiger partial charge in [-0.2, -0.15) is 0 Å². The molecule has 0 heterocycles. The average Bonchev–Trinajstić information content (AvgIpc) is 2.35. The summed E-state index contributed by atoms with van der Waals surface area (Å²) in [6.07, 6.45) is 8.14. The zero-order valence-corrected chi connectivity index (χ0v) is 11.2. The Kier molecular flexibility index (Phi) is 5.06. The van der Waals surface area contributed by atoms with Crippen LogP contribution in [0.15, 0.2) is 24.0 Å². The molecule has 1 aliphatic carbocycles. The number of allylic oxidation sites excluding steroid dienone is 1. The van der Waals surface area contributed by atoms with Crippen LogP contribution in [0.5, 0.6) is 0 Å². The zero-order chi connectivity index (χ0) is 12.0. The number of methoxy groups -OCH3 is 2. The summed E-state index contributed by atoms with van der Waals surface area (Å²) in [4.78, 5) is 11.9. The molecule has 0 radical (unpaired) electrons. The van der Waals surface area contributed by atoms with Crippen LogP contribution in [0, 0.1) is 5.41 Å². The maximum Gasteiger partial charge on any atom is 0.319 e. The van der Waals surface area contributed by atoms with E-state index in [0.29, 0.717) is 0 Å². The molecule has 90 valence electrons. The number of halogens is 1. The second kappa shape index (κ2) is 6.09. The Bertz CT molecular complexity index is 309. The van der Waals surface area contributed by atoms with Gasteiger partial charge in [0.05, 0.1) is 20.0 Å². The molecule has 16 heavy (non-hydrogen) atoms. The third-order valence-electron chi connectivity index (χ3n) is 2.70. The minimum absolute atomic E-state index is 0.223. The van der Waals surface area contributed by atoms with Crippen molar-refractivity contribution >= 4 is 21.9 Å².